The van der Waals surface area contributed by atoms with Crippen LogP contribution >= 0.6 is 0 Å². The molecule has 0 amide bonds. The van der Waals surface area contributed by atoms with Crippen LogP contribution in [0, 0.1) is 6.92 Å². The van der Waals surface area contributed by atoms with Crippen molar-refractivity contribution in [2.24, 2.45) is 0 Å². The Bertz CT molecular complexity index is 985. The number of hydrogen-bond acceptors (Lipinski definition) is 2. The monoisotopic (exact) mass is 288 g/mol. The fourth-order valence-corrected chi connectivity index (χ4v) is 2.94. The van der Waals surface area contributed by atoms with E-state index in [1.807, 2.05) is 19.1 Å². The van der Waals surface area contributed by atoms with E-state index in [1.54, 1.807) is 7.11 Å². The molecule has 0 saturated heterocycles. The van der Waals surface area contributed by atoms with Gasteiger partial charge in [-0.25, -0.2) is 0 Å². The maximum absolute atomic E-state index is 5.31. The third kappa shape index (κ3) is 1.94. The van der Waals surface area contributed by atoms with Crippen LogP contribution in [0.2, 0.25) is 0 Å². The molecular weight excluding hydrogens is 272 g/mol. The summed E-state index contributed by atoms with van der Waals surface area (Å²) in [5.74, 6) is 0.876. The van der Waals surface area contributed by atoms with Gasteiger partial charge in [0.1, 0.15) is 5.75 Å². The highest BCUT2D eigenvalue weighted by atomic mass is 16.5. The summed E-state index contributed by atoms with van der Waals surface area (Å²) in [7, 11) is 1.69. The molecule has 0 radical (unpaired) electrons. The Hall–Kier alpha value is -2.81. The molecule has 0 aliphatic carbocycles. The Kier molecular flexibility index (Phi) is 2.86. The van der Waals surface area contributed by atoms with Crippen LogP contribution in [0.15, 0.2) is 60.8 Å². The SMILES string of the molecule is COc1ccc2c(ccn2-c2cc(C)nc3ccccc23)c1. The number of para-hydroxylation sites is 1. The highest BCUT2D eigenvalue weighted by Crippen LogP contribution is 2.28. The predicted octanol–water partition coefficient (Wildman–Crippen LogP) is 4.50. The number of pyridine rings is 1. The summed E-state index contributed by atoms with van der Waals surface area (Å²) in [5, 5.41) is 2.32. The van der Waals surface area contributed by atoms with Gasteiger partial charge in [-0.3, -0.25) is 4.98 Å². The molecule has 0 fully saturated rings. The maximum atomic E-state index is 5.31. The van der Waals surface area contributed by atoms with Crippen molar-refractivity contribution in [3.05, 3.63) is 66.5 Å². The third-order valence-corrected chi connectivity index (χ3v) is 3.98. The fourth-order valence-electron chi connectivity index (χ4n) is 2.94. The van der Waals surface area contributed by atoms with E-state index < -0.39 is 0 Å². The van der Waals surface area contributed by atoms with E-state index in [9.17, 15) is 0 Å². The van der Waals surface area contributed by atoms with E-state index in [-0.39, 0.29) is 0 Å². The van der Waals surface area contributed by atoms with Crippen molar-refractivity contribution in [1.29, 1.82) is 0 Å². The molecule has 0 atom stereocenters. The van der Waals surface area contributed by atoms with Crippen LogP contribution in [0.1, 0.15) is 5.69 Å². The predicted molar refractivity (Wildman–Crippen MR) is 89.9 cm³/mol. The van der Waals surface area contributed by atoms with Crippen molar-refractivity contribution < 1.29 is 4.74 Å². The van der Waals surface area contributed by atoms with Crippen molar-refractivity contribution in [2.45, 2.75) is 6.92 Å². The van der Waals surface area contributed by atoms with Crippen LogP contribution in [-0.4, -0.2) is 16.7 Å². The number of nitrogens with zero attached hydrogens (tertiary/aromatic N) is 2. The van der Waals surface area contributed by atoms with Crippen molar-refractivity contribution in [2.75, 3.05) is 7.11 Å². The number of fused-ring (bicyclic) bond motifs is 2. The van der Waals surface area contributed by atoms with E-state index in [0.717, 1.165) is 38.9 Å². The first kappa shape index (κ1) is 12.9. The molecule has 108 valence electrons. The molecule has 2 heterocycles. The van der Waals surface area contributed by atoms with Crippen molar-refractivity contribution in [3.63, 3.8) is 0 Å². The van der Waals surface area contributed by atoms with Gasteiger partial charge >= 0.3 is 0 Å². The lowest BCUT2D eigenvalue weighted by Crippen LogP contribution is -1.96. The second-order valence-corrected chi connectivity index (χ2v) is 5.41. The maximum Gasteiger partial charge on any atom is 0.119 e. The molecular formula is C19H16N2O. The molecule has 0 aliphatic rings. The van der Waals surface area contributed by atoms with Gasteiger partial charge in [-0.15, -0.1) is 0 Å². The number of aromatic nitrogens is 2. The van der Waals surface area contributed by atoms with Crippen LogP contribution < -0.4 is 4.74 Å². The first-order valence-electron chi connectivity index (χ1n) is 7.28. The van der Waals surface area contributed by atoms with Gasteiger partial charge in [0.05, 0.1) is 23.8 Å². The summed E-state index contributed by atoms with van der Waals surface area (Å²) in [6.07, 6.45) is 2.10. The molecule has 22 heavy (non-hydrogen) atoms. The summed E-state index contributed by atoms with van der Waals surface area (Å²) in [4.78, 5) is 4.62. The quantitative estimate of drug-likeness (QED) is 0.543. The highest BCUT2D eigenvalue weighted by molar-refractivity contribution is 5.91. The zero-order valence-electron chi connectivity index (χ0n) is 12.6. The minimum Gasteiger partial charge on any atom is -0.497 e. The topological polar surface area (TPSA) is 27.1 Å². The van der Waals surface area contributed by atoms with Crippen LogP contribution in [0.5, 0.6) is 5.75 Å². The van der Waals surface area contributed by atoms with Gasteiger partial charge in [0.2, 0.25) is 0 Å². The van der Waals surface area contributed by atoms with Crippen molar-refractivity contribution >= 4 is 21.8 Å². The van der Waals surface area contributed by atoms with Crippen LogP contribution in [-0.2, 0) is 0 Å². The summed E-state index contributed by atoms with van der Waals surface area (Å²) < 4.78 is 7.52. The molecule has 3 heteroatoms. The number of rotatable bonds is 2. The van der Waals surface area contributed by atoms with Crippen LogP contribution in [0.3, 0.4) is 0 Å². The average Bonchev–Trinajstić information content (AvgIpc) is 2.96. The molecule has 0 aliphatic heterocycles. The zero-order valence-corrected chi connectivity index (χ0v) is 12.6. The number of hydrogen-bond donors (Lipinski definition) is 0. The molecule has 0 N–H and O–H groups in total. The highest BCUT2D eigenvalue weighted by Gasteiger charge is 2.09. The van der Waals surface area contributed by atoms with E-state index in [2.05, 4.69) is 58.2 Å². The first-order valence-corrected chi connectivity index (χ1v) is 7.28. The summed E-state index contributed by atoms with van der Waals surface area (Å²) in [6.45, 7) is 2.03. The van der Waals surface area contributed by atoms with Gasteiger partial charge in [-0.05, 0) is 43.3 Å². The minimum absolute atomic E-state index is 0.876. The molecule has 4 aromatic rings. The summed E-state index contributed by atoms with van der Waals surface area (Å²) >= 11 is 0. The van der Waals surface area contributed by atoms with Gasteiger partial charge in [0.15, 0.2) is 0 Å². The minimum atomic E-state index is 0.876. The number of ether oxygens (including phenoxy) is 1. The molecule has 0 saturated carbocycles. The van der Waals surface area contributed by atoms with Gasteiger partial charge in [0, 0.05) is 22.7 Å². The Morgan fingerprint density at radius 2 is 1.86 bits per heavy atom. The Labute approximate surface area is 128 Å². The lowest BCUT2D eigenvalue weighted by molar-refractivity contribution is 0.415. The van der Waals surface area contributed by atoms with E-state index in [4.69, 9.17) is 4.74 Å². The van der Waals surface area contributed by atoms with Crippen molar-refractivity contribution in [1.82, 2.24) is 9.55 Å². The molecule has 0 spiro atoms. The Morgan fingerprint density at radius 3 is 2.73 bits per heavy atom. The standard InChI is InChI=1S/C19H16N2O/c1-13-11-19(16-5-3-4-6-17(16)20-13)21-10-9-14-12-15(22-2)7-8-18(14)21/h3-12H,1-2H3. The number of methoxy groups -OCH3 is 1. The van der Waals surface area contributed by atoms with E-state index in [1.165, 1.54) is 0 Å². The van der Waals surface area contributed by atoms with Gasteiger partial charge in [0.25, 0.3) is 0 Å². The molecule has 0 unspecified atom stereocenters. The third-order valence-electron chi connectivity index (χ3n) is 3.98. The van der Waals surface area contributed by atoms with Crippen molar-refractivity contribution in [3.8, 4) is 11.4 Å². The number of benzene rings is 2. The molecule has 0 bridgehead atoms. The summed E-state index contributed by atoms with van der Waals surface area (Å²) in [5.41, 5.74) is 4.36. The molecule has 4 rings (SSSR count). The van der Waals surface area contributed by atoms with E-state index >= 15 is 0 Å². The van der Waals surface area contributed by atoms with Crippen LogP contribution in [0.4, 0.5) is 0 Å². The second kappa shape index (κ2) is 4.88. The van der Waals surface area contributed by atoms with Gasteiger partial charge in [-0.1, -0.05) is 18.2 Å². The van der Waals surface area contributed by atoms with Gasteiger partial charge < -0.3 is 9.30 Å². The van der Waals surface area contributed by atoms with E-state index in [0.29, 0.717) is 0 Å². The smallest absolute Gasteiger partial charge is 0.119 e. The average molecular weight is 288 g/mol. The molecule has 3 nitrogen and oxygen atoms in total. The largest absolute Gasteiger partial charge is 0.497 e. The summed E-state index contributed by atoms with van der Waals surface area (Å²) in [6, 6.07) is 18.6. The molecule has 2 aromatic heterocycles. The van der Waals surface area contributed by atoms with Gasteiger partial charge in [-0.2, -0.15) is 0 Å². The zero-order chi connectivity index (χ0) is 15.1. The number of aryl methyl sites for hydroxylation is 1. The fraction of sp³-hybridized carbons (Fsp3) is 0.105. The molecule has 2 aromatic carbocycles. The Balaban J connectivity index is 2.03. The van der Waals surface area contributed by atoms with Crippen LogP contribution in [0.25, 0.3) is 27.5 Å². The lowest BCUT2D eigenvalue weighted by atomic mass is 10.1. The first-order chi connectivity index (χ1) is 10.8. The lowest BCUT2D eigenvalue weighted by Gasteiger charge is -2.11. The Morgan fingerprint density at radius 1 is 1.00 bits per heavy atom. The second-order valence-electron chi connectivity index (χ2n) is 5.41. The normalized spacial score (nSPS) is 11.2.